The predicted molar refractivity (Wildman–Crippen MR) is 75.9 cm³/mol. The van der Waals surface area contributed by atoms with E-state index in [-0.39, 0.29) is 26.0 Å². The Morgan fingerprint density at radius 1 is 1.43 bits per heavy atom. The second kappa shape index (κ2) is 8.82. The Balaban J connectivity index is 2.45. The Morgan fingerprint density at radius 3 is 2.86 bits per heavy atom. The first kappa shape index (κ1) is 16.8. The van der Waals surface area contributed by atoms with E-state index in [1.165, 1.54) is 7.11 Å². The molecule has 0 radical (unpaired) electrons. The summed E-state index contributed by atoms with van der Waals surface area (Å²) in [5.74, 6) is -0.488. The Labute approximate surface area is 127 Å². The Bertz CT molecular complexity index is 554. The number of esters is 1. The molecular formula is C14H15ClN2O4. The van der Waals surface area contributed by atoms with Gasteiger partial charge in [-0.3, -0.25) is 9.59 Å². The van der Waals surface area contributed by atoms with Gasteiger partial charge in [0.25, 0.3) is 5.91 Å². The third-order valence-corrected chi connectivity index (χ3v) is 2.74. The minimum atomic E-state index is -0.564. The lowest BCUT2D eigenvalue weighted by Crippen LogP contribution is -2.29. The summed E-state index contributed by atoms with van der Waals surface area (Å²) in [6.07, 6.45) is 0.161. The van der Waals surface area contributed by atoms with Crippen LogP contribution in [-0.4, -0.2) is 32.1 Å². The molecule has 0 aliphatic heterocycles. The van der Waals surface area contributed by atoms with Crippen molar-refractivity contribution < 1.29 is 19.1 Å². The second-order valence-corrected chi connectivity index (χ2v) is 4.49. The standard InChI is InChI=1S/C14H15ClN2O4/c1-20-12-4-3-11(15)7-10(12)8-14(19)21-9-13(18)17-6-2-5-16/h3-4,7H,2,6,8-9H2,1H3,(H,17,18). The number of nitriles is 1. The lowest BCUT2D eigenvalue weighted by atomic mass is 10.1. The van der Waals surface area contributed by atoms with Gasteiger partial charge in [0.15, 0.2) is 6.61 Å². The quantitative estimate of drug-likeness (QED) is 0.608. The smallest absolute Gasteiger partial charge is 0.310 e. The SMILES string of the molecule is COc1ccc(Cl)cc1CC(=O)OCC(=O)NCCC#N. The van der Waals surface area contributed by atoms with Gasteiger partial charge in [-0.1, -0.05) is 11.6 Å². The average Bonchev–Trinajstić information content (AvgIpc) is 2.46. The fourth-order valence-corrected chi connectivity index (χ4v) is 1.74. The number of hydrogen-bond donors (Lipinski definition) is 1. The molecule has 0 fully saturated rings. The third kappa shape index (κ3) is 6.15. The van der Waals surface area contributed by atoms with Gasteiger partial charge in [0.05, 0.1) is 26.0 Å². The largest absolute Gasteiger partial charge is 0.496 e. The normalized spacial score (nSPS) is 9.57. The molecule has 1 N–H and O–H groups in total. The zero-order valence-corrected chi connectivity index (χ0v) is 12.3. The number of amides is 1. The number of hydrogen-bond acceptors (Lipinski definition) is 5. The van der Waals surface area contributed by atoms with Gasteiger partial charge in [0.1, 0.15) is 5.75 Å². The molecule has 0 aromatic heterocycles. The Hall–Kier alpha value is -2.26. The Kier molecular flexibility index (Phi) is 7.05. The highest BCUT2D eigenvalue weighted by Crippen LogP contribution is 2.23. The fraction of sp³-hybridized carbons (Fsp3) is 0.357. The van der Waals surface area contributed by atoms with Gasteiger partial charge in [-0.05, 0) is 18.2 Å². The van der Waals surface area contributed by atoms with Gasteiger partial charge in [-0.15, -0.1) is 0 Å². The van der Waals surface area contributed by atoms with Crippen LogP contribution < -0.4 is 10.1 Å². The van der Waals surface area contributed by atoms with E-state index in [2.05, 4.69) is 5.32 Å². The summed E-state index contributed by atoms with van der Waals surface area (Å²) in [7, 11) is 1.49. The van der Waals surface area contributed by atoms with E-state index in [0.29, 0.717) is 16.3 Å². The zero-order chi connectivity index (χ0) is 15.7. The number of methoxy groups -OCH3 is 1. The molecule has 0 unspecified atom stereocenters. The molecule has 0 aliphatic rings. The minimum Gasteiger partial charge on any atom is -0.496 e. The van der Waals surface area contributed by atoms with Crippen LogP contribution in [-0.2, 0) is 20.7 Å². The molecule has 0 bridgehead atoms. The van der Waals surface area contributed by atoms with Crippen LogP contribution in [0.2, 0.25) is 5.02 Å². The van der Waals surface area contributed by atoms with Crippen molar-refractivity contribution in [1.82, 2.24) is 5.32 Å². The lowest BCUT2D eigenvalue weighted by molar-refractivity contribution is -0.147. The first-order chi connectivity index (χ1) is 10.1. The van der Waals surface area contributed by atoms with Crippen molar-refractivity contribution >= 4 is 23.5 Å². The van der Waals surface area contributed by atoms with E-state index in [9.17, 15) is 9.59 Å². The van der Waals surface area contributed by atoms with Gasteiger partial charge in [0, 0.05) is 17.1 Å². The fourth-order valence-electron chi connectivity index (χ4n) is 1.55. The molecule has 21 heavy (non-hydrogen) atoms. The summed E-state index contributed by atoms with van der Waals surface area (Å²) in [5.41, 5.74) is 0.583. The molecule has 1 rings (SSSR count). The minimum absolute atomic E-state index is 0.0464. The van der Waals surface area contributed by atoms with E-state index < -0.39 is 11.9 Å². The van der Waals surface area contributed by atoms with Crippen LogP contribution in [0.3, 0.4) is 0 Å². The average molecular weight is 311 g/mol. The van der Waals surface area contributed by atoms with Crippen LogP contribution in [0.15, 0.2) is 18.2 Å². The van der Waals surface area contributed by atoms with Crippen molar-refractivity contribution in [1.29, 1.82) is 5.26 Å². The second-order valence-electron chi connectivity index (χ2n) is 4.05. The van der Waals surface area contributed by atoms with Gasteiger partial charge in [-0.25, -0.2) is 0 Å². The highest BCUT2D eigenvalue weighted by molar-refractivity contribution is 6.30. The number of ether oxygens (including phenoxy) is 2. The zero-order valence-electron chi connectivity index (χ0n) is 11.5. The maximum atomic E-state index is 11.7. The number of nitrogens with zero attached hydrogens (tertiary/aromatic N) is 1. The van der Waals surface area contributed by atoms with Crippen LogP contribution in [0.5, 0.6) is 5.75 Å². The Morgan fingerprint density at radius 2 is 2.19 bits per heavy atom. The number of carbonyl (C=O) groups excluding carboxylic acids is 2. The molecule has 0 heterocycles. The summed E-state index contributed by atoms with van der Waals surface area (Å²) in [6, 6.07) is 6.80. The maximum Gasteiger partial charge on any atom is 0.310 e. The van der Waals surface area contributed by atoms with E-state index in [4.69, 9.17) is 26.3 Å². The summed E-state index contributed by atoms with van der Waals surface area (Å²) in [6.45, 7) is -0.151. The van der Waals surface area contributed by atoms with Crippen molar-refractivity contribution in [2.45, 2.75) is 12.8 Å². The highest BCUT2D eigenvalue weighted by Gasteiger charge is 2.12. The number of carbonyl (C=O) groups is 2. The van der Waals surface area contributed by atoms with Gasteiger partial charge < -0.3 is 14.8 Å². The van der Waals surface area contributed by atoms with E-state index >= 15 is 0 Å². The molecule has 112 valence electrons. The molecule has 0 aliphatic carbocycles. The van der Waals surface area contributed by atoms with Crippen LogP contribution in [0, 0.1) is 11.3 Å². The van der Waals surface area contributed by atoms with Crippen molar-refractivity contribution in [2.24, 2.45) is 0 Å². The van der Waals surface area contributed by atoms with E-state index in [0.717, 1.165) is 0 Å². The summed E-state index contributed by atoms with van der Waals surface area (Å²) >= 11 is 5.86. The van der Waals surface area contributed by atoms with Crippen LogP contribution in [0.25, 0.3) is 0 Å². The van der Waals surface area contributed by atoms with Crippen LogP contribution in [0.4, 0.5) is 0 Å². The molecule has 6 nitrogen and oxygen atoms in total. The molecule has 0 saturated heterocycles. The molecule has 0 atom stereocenters. The number of nitrogens with one attached hydrogen (secondary N) is 1. The van der Waals surface area contributed by atoms with Crippen LogP contribution >= 0.6 is 11.6 Å². The topological polar surface area (TPSA) is 88.4 Å². The molecular weight excluding hydrogens is 296 g/mol. The van der Waals surface area contributed by atoms with Crippen molar-refractivity contribution in [3.8, 4) is 11.8 Å². The molecule has 7 heteroatoms. The molecule has 1 amide bonds. The maximum absolute atomic E-state index is 11.7. The first-order valence-electron chi connectivity index (χ1n) is 6.18. The van der Waals surface area contributed by atoms with Gasteiger partial charge >= 0.3 is 5.97 Å². The predicted octanol–water partition coefficient (Wildman–Crippen LogP) is 1.46. The van der Waals surface area contributed by atoms with E-state index in [1.54, 1.807) is 18.2 Å². The van der Waals surface area contributed by atoms with E-state index in [1.807, 2.05) is 6.07 Å². The van der Waals surface area contributed by atoms with Gasteiger partial charge in [0.2, 0.25) is 0 Å². The first-order valence-corrected chi connectivity index (χ1v) is 6.56. The molecule has 1 aromatic carbocycles. The van der Waals surface area contributed by atoms with Crippen molar-refractivity contribution in [3.05, 3.63) is 28.8 Å². The molecule has 0 spiro atoms. The number of rotatable bonds is 7. The van der Waals surface area contributed by atoms with Gasteiger partial charge in [-0.2, -0.15) is 5.26 Å². The third-order valence-electron chi connectivity index (χ3n) is 2.50. The van der Waals surface area contributed by atoms with Crippen molar-refractivity contribution in [3.63, 3.8) is 0 Å². The van der Waals surface area contributed by atoms with Crippen LogP contribution in [0.1, 0.15) is 12.0 Å². The monoisotopic (exact) mass is 310 g/mol. The summed E-state index contributed by atoms with van der Waals surface area (Å²) < 4.78 is 9.96. The number of halogens is 1. The highest BCUT2D eigenvalue weighted by atomic mass is 35.5. The summed E-state index contributed by atoms with van der Waals surface area (Å²) in [4.78, 5) is 23.0. The summed E-state index contributed by atoms with van der Waals surface area (Å²) in [5, 5.41) is 11.3. The molecule has 0 saturated carbocycles. The molecule has 1 aromatic rings. The number of benzene rings is 1. The van der Waals surface area contributed by atoms with Crippen molar-refractivity contribution in [2.75, 3.05) is 20.3 Å². The lowest BCUT2D eigenvalue weighted by Gasteiger charge is -2.09.